The number of fused-ring (bicyclic) bond motifs is 3. The number of carbonyl (C=O) groups is 1. The molecule has 3 heterocycles. The van der Waals surface area contributed by atoms with E-state index in [1.165, 1.54) is 6.20 Å². The van der Waals surface area contributed by atoms with E-state index in [2.05, 4.69) is 32.5 Å². The molecule has 138 valence electrons. The van der Waals surface area contributed by atoms with Gasteiger partial charge in [-0.05, 0) is 40.9 Å². The minimum absolute atomic E-state index is 0.261. The monoisotopic (exact) mass is 388 g/mol. The summed E-state index contributed by atoms with van der Waals surface area (Å²) in [7, 11) is 0. The van der Waals surface area contributed by atoms with Crippen molar-refractivity contribution in [2.45, 2.75) is 6.92 Å². The Bertz CT molecular complexity index is 1330. The van der Waals surface area contributed by atoms with Crippen molar-refractivity contribution in [3.05, 3.63) is 57.1 Å². The number of benzene rings is 1. The highest BCUT2D eigenvalue weighted by atomic mass is 32.1. The predicted octanol–water partition coefficient (Wildman–Crippen LogP) is 3.07. The van der Waals surface area contributed by atoms with E-state index in [1.807, 2.05) is 36.6 Å². The number of rotatable bonds is 3. The second kappa shape index (κ2) is 7.18. The first-order chi connectivity index (χ1) is 13.6. The molecule has 0 saturated carbocycles. The van der Waals surface area contributed by atoms with Gasteiger partial charge < -0.3 is 16.0 Å². The number of carbonyl (C=O) groups excluding carboxylic acids is 1. The van der Waals surface area contributed by atoms with E-state index in [1.54, 1.807) is 11.3 Å². The van der Waals surface area contributed by atoms with Crippen LogP contribution >= 0.6 is 11.3 Å². The van der Waals surface area contributed by atoms with Gasteiger partial charge >= 0.3 is 0 Å². The number of anilines is 1. The first-order valence-electron chi connectivity index (χ1n) is 8.65. The van der Waals surface area contributed by atoms with Crippen molar-refractivity contribution in [2.24, 2.45) is 5.73 Å². The maximum atomic E-state index is 12.7. The van der Waals surface area contributed by atoms with E-state index in [0.717, 1.165) is 21.9 Å². The van der Waals surface area contributed by atoms with E-state index in [-0.39, 0.29) is 5.56 Å². The topological polar surface area (TPSA) is 101 Å². The lowest BCUT2D eigenvalue weighted by Crippen LogP contribution is -2.11. The van der Waals surface area contributed by atoms with E-state index >= 15 is 0 Å². The fourth-order valence-corrected chi connectivity index (χ4v) is 3.82. The zero-order valence-corrected chi connectivity index (χ0v) is 15.8. The summed E-state index contributed by atoms with van der Waals surface area (Å²) in [6, 6.07) is 8.01. The summed E-state index contributed by atoms with van der Waals surface area (Å²) >= 11 is 1.61. The lowest BCUT2D eigenvalue weighted by molar-refractivity contribution is -0.112. The summed E-state index contributed by atoms with van der Waals surface area (Å²) in [6.45, 7) is 2.65. The average molecular weight is 388 g/mol. The van der Waals surface area contributed by atoms with Crippen LogP contribution in [0.15, 0.2) is 46.0 Å². The highest BCUT2D eigenvalue weighted by Crippen LogP contribution is 2.33. The summed E-state index contributed by atoms with van der Waals surface area (Å²) < 4.78 is 0. The summed E-state index contributed by atoms with van der Waals surface area (Å²) in [5.41, 5.74) is 7.85. The molecule has 0 atom stereocenters. The Balaban J connectivity index is 2.13. The highest BCUT2D eigenvalue weighted by molar-refractivity contribution is 7.08. The number of pyridine rings is 2. The Morgan fingerprint density at radius 2 is 2.14 bits per heavy atom. The quantitative estimate of drug-likeness (QED) is 0.371. The smallest absolute Gasteiger partial charge is 0.293 e. The number of primary amides is 1. The van der Waals surface area contributed by atoms with Gasteiger partial charge in [-0.1, -0.05) is 18.1 Å². The Labute approximate surface area is 164 Å². The minimum atomic E-state index is -0.744. The molecule has 0 radical (unpaired) electrons. The second-order valence-electron chi connectivity index (χ2n) is 6.13. The van der Waals surface area contributed by atoms with Gasteiger partial charge in [-0.2, -0.15) is 11.3 Å². The molecule has 0 unspecified atom stereocenters. The van der Waals surface area contributed by atoms with E-state index in [0.29, 0.717) is 28.8 Å². The van der Waals surface area contributed by atoms with Gasteiger partial charge in [0.2, 0.25) is 0 Å². The number of aromatic amines is 1. The fraction of sp³-hybridized carbons (Fsp3) is 0.0952. The van der Waals surface area contributed by atoms with Crippen LogP contribution in [0.3, 0.4) is 0 Å². The van der Waals surface area contributed by atoms with E-state index < -0.39 is 5.91 Å². The van der Waals surface area contributed by atoms with E-state index in [9.17, 15) is 9.59 Å². The van der Waals surface area contributed by atoms with Crippen molar-refractivity contribution in [3.63, 3.8) is 0 Å². The summed E-state index contributed by atoms with van der Waals surface area (Å²) in [5, 5.41) is 9.37. The Hall–Kier alpha value is -3.63. The van der Waals surface area contributed by atoms with Crippen molar-refractivity contribution in [1.82, 2.24) is 9.97 Å². The third-order valence-electron chi connectivity index (χ3n) is 4.35. The molecular formula is C21H16N4O2S. The maximum Gasteiger partial charge on any atom is 0.293 e. The van der Waals surface area contributed by atoms with Crippen LogP contribution in [0, 0.1) is 11.8 Å². The zero-order valence-electron chi connectivity index (χ0n) is 15.0. The van der Waals surface area contributed by atoms with Gasteiger partial charge in [0.05, 0.1) is 16.5 Å². The van der Waals surface area contributed by atoms with Crippen molar-refractivity contribution in [1.29, 1.82) is 0 Å². The van der Waals surface area contributed by atoms with Crippen LogP contribution in [0.4, 0.5) is 5.82 Å². The van der Waals surface area contributed by atoms with Crippen molar-refractivity contribution in [3.8, 4) is 23.0 Å². The van der Waals surface area contributed by atoms with Crippen molar-refractivity contribution < 1.29 is 4.79 Å². The standard InChI is InChI=1S/C21H16N4O2S/c1-2-23-20-15-5-3-12(14-7-8-28-11-14)9-16(15)18-19(25-20)13(4-6-17(22)26)10-24-21(18)27/h3,5,7-11H,2H2,1H3,(H2,22,26)(H,23,25)(H,24,27). The largest absolute Gasteiger partial charge is 0.370 e. The molecule has 3 aromatic heterocycles. The zero-order chi connectivity index (χ0) is 19.7. The molecule has 0 saturated heterocycles. The van der Waals surface area contributed by atoms with Crippen LogP contribution in [-0.2, 0) is 4.79 Å². The van der Waals surface area contributed by atoms with Gasteiger partial charge in [0.25, 0.3) is 11.5 Å². The maximum absolute atomic E-state index is 12.7. The van der Waals surface area contributed by atoms with Gasteiger partial charge in [-0.15, -0.1) is 0 Å². The normalized spacial score (nSPS) is 10.6. The number of nitrogens with two attached hydrogens (primary N) is 1. The predicted molar refractivity (Wildman–Crippen MR) is 113 cm³/mol. The molecule has 1 amide bonds. The third-order valence-corrected chi connectivity index (χ3v) is 5.04. The first-order valence-corrected chi connectivity index (χ1v) is 9.60. The van der Waals surface area contributed by atoms with Gasteiger partial charge in [0.1, 0.15) is 5.82 Å². The summed E-state index contributed by atoms with van der Waals surface area (Å²) in [6.07, 6.45) is 1.46. The number of nitrogens with zero attached hydrogens (tertiary/aromatic N) is 1. The molecule has 4 N–H and O–H groups in total. The number of amides is 1. The first kappa shape index (κ1) is 17.8. The third kappa shape index (κ3) is 3.10. The molecule has 0 bridgehead atoms. The number of aromatic nitrogens is 2. The van der Waals surface area contributed by atoms with Crippen LogP contribution in [0.5, 0.6) is 0 Å². The molecule has 28 heavy (non-hydrogen) atoms. The molecular weight excluding hydrogens is 372 g/mol. The number of hydrogen-bond donors (Lipinski definition) is 3. The number of H-pyrrole nitrogens is 1. The molecule has 0 aliphatic rings. The molecule has 0 fully saturated rings. The van der Waals surface area contributed by atoms with Gasteiger partial charge in [-0.3, -0.25) is 9.59 Å². The van der Waals surface area contributed by atoms with Crippen LogP contribution in [0.1, 0.15) is 12.5 Å². The van der Waals surface area contributed by atoms with Gasteiger partial charge in [0, 0.05) is 29.4 Å². The Morgan fingerprint density at radius 3 is 2.86 bits per heavy atom. The minimum Gasteiger partial charge on any atom is -0.370 e. The summed E-state index contributed by atoms with van der Waals surface area (Å²) in [4.78, 5) is 31.1. The van der Waals surface area contributed by atoms with Gasteiger partial charge in [-0.25, -0.2) is 4.98 Å². The fourth-order valence-electron chi connectivity index (χ4n) is 3.15. The van der Waals surface area contributed by atoms with E-state index in [4.69, 9.17) is 5.73 Å². The number of thiophene rings is 1. The SMILES string of the molecule is CCNc1nc2c(C#CC(N)=O)c[nH]c(=O)c2c2cc(-c3ccsc3)ccc12. The Morgan fingerprint density at radius 1 is 1.29 bits per heavy atom. The number of hydrogen-bond acceptors (Lipinski definition) is 5. The van der Waals surface area contributed by atoms with Crippen molar-refractivity contribution >= 4 is 44.7 Å². The molecule has 4 aromatic rings. The molecule has 7 heteroatoms. The van der Waals surface area contributed by atoms with Crippen LogP contribution in [-0.4, -0.2) is 22.4 Å². The second-order valence-corrected chi connectivity index (χ2v) is 6.91. The molecule has 0 aliphatic carbocycles. The lowest BCUT2D eigenvalue weighted by atomic mass is 10.00. The van der Waals surface area contributed by atoms with Crippen LogP contribution in [0.25, 0.3) is 32.8 Å². The van der Waals surface area contributed by atoms with Crippen LogP contribution < -0.4 is 16.6 Å². The summed E-state index contributed by atoms with van der Waals surface area (Å²) in [5.74, 6) is 4.94. The molecule has 0 aliphatic heterocycles. The molecule has 4 rings (SSSR count). The molecule has 6 nitrogen and oxygen atoms in total. The average Bonchev–Trinajstić information content (AvgIpc) is 3.22. The van der Waals surface area contributed by atoms with Crippen LogP contribution in [0.2, 0.25) is 0 Å². The molecule has 1 aromatic carbocycles. The lowest BCUT2D eigenvalue weighted by Gasteiger charge is -2.12. The highest BCUT2D eigenvalue weighted by Gasteiger charge is 2.14. The van der Waals surface area contributed by atoms with Crippen molar-refractivity contribution in [2.75, 3.05) is 11.9 Å². The Kier molecular flexibility index (Phi) is 4.55. The van der Waals surface area contributed by atoms with Gasteiger partial charge in [0.15, 0.2) is 0 Å². The number of nitrogens with one attached hydrogen (secondary N) is 2. The molecule has 0 spiro atoms.